The second kappa shape index (κ2) is 7.15. The standard InChI is InChI=1S/C15H15ClFN3O/c1-20(9-11-4-2-5-12(17)8-11)10-14(21)19-13-6-3-7-18-15(13)16/h2-8H,9-10H2,1H3,(H,19,21)/p+1. The number of likely N-dealkylation sites (N-methyl/N-ethyl adjacent to an activating group) is 1. The highest BCUT2D eigenvalue weighted by atomic mass is 35.5. The van der Waals surface area contributed by atoms with E-state index in [0.717, 1.165) is 10.5 Å². The van der Waals surface area contributed by atoms with E-state index in [4.69, 9.17) is 11.6 Å². The van der Waals surface area contributed by atoms with Gasteiger partial charge in [0.25, 0.3) is 5.91 Å². The molecule has 110 valence electrons. The van der Waals surface area contributed by atoms with Gasteiger partial charge in [-0.1, -0.05) is 23.7 Å². The van der Waals surface area contributed by atoms with Gasteiger partial charge in [-0.2, -0.15) is 0 Å². The molecule has 2 rings (SSSR count). The van der Waals surface area contributed by atoms with Crippen molar-refractivity contribution in [3.05, 3.63) is 59.1 Å². The minimum Gasteiger partial charge on any atom is -0.326 e. The van der Waals surface area contributed by atoms with Crippen molar-refractivity contribution < 1.29 is 14.1 Å². The van der Waals surface area contributed by atoms with E-state index in [1.54, 1.807) is 24.4 Å². The summed E-state index contributed by atoms with van der Waals surface area (Å²) in [7, 11) is 1.87. The van der Waals surface area contributed by atoms with Crippen LogP contribution in [0.5, 0.6) is 0 Å². The van der Waals surface area contributed by atoms with Crippen LogP contribution in [0.25, 0.3) is 0 Å². The number of aromatic nitrogens is 1. The third kappa shape index (κ3) is 4.81. The van der Waals surface area contributed by atoms with Gasteiger partial charge in [0.15, 0.2) is 11.7 Å². The number of anilines is 1. The Labute approximate surface area is 127 Å². The van der Waals surface area contributed by atoms with Crippen LogP contribution in [0, 0.1) is 5.82 Å². The number of amides is 1. The number of carbonyl (C=O) groups is 1. The summed E-state index contributed by atoms with van der Waals surface area (Å²) in [6.07, 6.45) is 1.55. The van der Waals surface area contributed by atoms with Crippen LogP contribution in [0.1, 0.15) is 5.56 Å². The molecule has 0 aliphatic carbocycles. The van der Waals surface area contributed by atoms with Crippen LogP contribution < -0.4 is 10.2 Å². The summed E-state index contributed by atoms with van der Waals surface area (Å²) in [4.78, 5) is 16.8. The summed E-state index contributed by atoms with van der Waals surface area (Å²) in [5.41, 5.74) is 1.34. The molecule has 21 heavy (non-hydrogen) atoms. The Morgan fingerprint density at radius 3 is 2.90 bits per heavy atom. The van der Waals surface area contributed by atoms with Crippen LogP contribution in [-0.2, 0) is 11.3 Å². The van der Waals surface area contributed by atoms with Crippen LogP contribution in [0.2, 0.25) is 5.15 Å². The van der Waals surface area contributed by atoms with Crippen molar-refractivity contribution >= 4 is 23.2 Å². The van der Waals surface area contributed by atoms with E-state index in [-0.39, 0.29) is 23.4 Å². The SMILES string of the molecule is C[NH+](CC(=O)Nc1cccnc1Cl)Cc1cccc(F)c1. The summed E-state index contributed by atoms with van der Waals surface area (Å²) in [6, 6.07) is 9.76. The maximum atomic E-state index is 13.1. The first-order valence-electron chi connectivity index (χ1n) is 6.50. The van der Waals surface area contributed by atoms with E-state index < -0.39 is 0 Å². The molecule has 0 saturated heterocycles. The zero-order chi connectivity index (χ0) is 15.2. The number of benzene rings is 1. The van der Waals surface area contributed by atoms with E-state index >= 15 is 0 Å². The molecule has 1 heterocycles. The van der Waals surface area contributed by atoms with Gasteiger partial charge in [0, 0.05) is 11.8 Å². The lowest BCUT2D eigenvalue weighted by atomic mass is 10.2. The monoisotopic (exact) mass is 308 g/mol. The van der Waals surface area contributed by atoms with Crippen molar-refractivity contribution in [1.82, 2.24) is 4.98 Å². The topological polar surface area (TPSA) is 46.4 Å². The molecule has 0 fully saturated rings. The van der Waals surface area contributed by atoms with E-state index in [0.29, 0.717) is 12.2 Å². The summed E-state index contributed by atoms with van der Waals surface area (Å²) < 4.78 is 13.1. The quantitative estimate of drug-likeness (QED) is 0.823. The molecule has 1 atom stereocenters. The number of pyridine rings is 1. The van der Waals surface area contributed by atoms with Gasteiger partial charge in [-0.25, -0.2) is 9.37 Å². The van der Waals surface area contributed by atoms with Gasteiger partial charge in [-0.05, 0) is 24.3 Å². The number of rotatable bonds is 5. The Balaban J connectivity index is 1.89. The molecule has 2 N–H and O–H groups in total. The third-order valence-corrected chi connectivity index (χ3v) is 3.19. The molecular formula is C15H16ClFN3O+. The molecule has 0 aliphatic rings. The highest BCUT2D eigenvalue weighted by Crippen LogP contribution is 2.16. The molecule has 0 radical (unpaired) electrons. The molecule has 0 spiro atoms. The Kier molecular flexibility index (Phi) is 5.25. The number of carbonyl (C=O) groups excluding carboxylic acids is 1. The zero-order valence-electron chi connectivity index (χ0n) is 11.6. The number of nitrogens with one attached hydrogen (secondary N) is 2. The normalized spacial score (nSPS) is 12.0. The third-order valence-electron chi connectivity index (χ3n) is 2.89. The maximum absolute atomic E-state index is 13.1. The van der Waals surface area contributed by atoms with Crippen molar-refractivity contribution in [2.45, 2.75) is 6.54 Å². The van der Waals surface area contributed by atoms with Crippen LogP contribution >= 0.6 is 11.6 Å². The Bertz CT molecular complexity index is 636. The molecule has 0 bridgehead atoms. The first kappa shape index (κ1) is 15.4. The van der Waals surface area contributed by atoms with Gasteiger partial charge in [-0.3, -0.25) is 4.79 Å². The fourth-order valence-corrected chi connectivity index (χ4v) is 2.17. The molecular weight excluding hydrogens is 293 g/mol. The lowest BCUT2D eigenvalue weighted by molar-refractivity contribution is -0.885. The maximum Gasteiger partial charge on any atom is 0.279 e. The predicted octanol–water partition coefficient (Wildman–Crippen LogP) is 1.53. The summed E-state index contributed by atoms with van der Waals surface area (Å²) >= 11 is 5.88. The second-order valence-corrected chi connectivity index (χ2v) is 5.19. The molecule has 2 aromatic rings. The predicted molar refractivity (Wildman–Crippen MR) is 79.7 cm³/mol. The second-order valence-electron chi connectivity index (χ2n) is 4.83. The zero-order valence-corrected chi connectivity index (χ0v) is 12.3. The molecule has 1 aromatic carbocycles. The smallest absolute Gasteiger partial charge is 0.279 e. The van der Waals surface area contributed by atoms with Gasteiger partial charge in [0.1, 0.15) is 12.4 Å². The van der Waals surface area contributed by atoms with Crippen LogP contribution in [-0.4, -0.2) is 24.5 Å². The number of hydrogen-bond donors (Lipinski definition) is 2. The van der Waals surface area contributed by atoms with Crippen molar-refractivity contribution in [3.63, 3.8) is 0 Å². The Morgan fingerprint density at radius 1 is 1.38 bits per heavy atom. The van der Waals surface area contributed by atoms with Gasteiger partial charge < -0.3 is 10.2 Å². The van der Waals surface area contributed by atoms with Crippen molar-refractivity contribution in [3.8, 4) is 0 Å². The highest BCUT2D eigenvalue weighted by Gasteiger charge is 2.12. The number of nitrogens with zero attached hydrogens (tertiary/aromatic N) is 1. The number of hydrogen-bond acceptors (Lipinski definition) is 2. The first-order valence-corrected chi connectivity index (χ1v) is 6.88. The first-order chi connectivity index (χ1) is 10.0. The fraction of sp³-hybridized carbons (Fsp3) is 0.200. The van der Waals surface area contributed by atoms with Gasteiger partial charge >= 0.3 is 0 Å². The van der Waals surface area contributed by atoms with Crippen molar-refractivity contribution in [1.29, 1.82) is 0 Å². The molecule has 4 nitrogen and oxygen atoms in total. The van der Waals surface area contributed by atoms with Gasteiger partial charge in [0.2, 0.25) is 0 Å². The fourth-order valence-electron chi connectivity index (χ4n) is 2.01. The average molecular weight is 309 g/mol. The molecule has 1 unspecified atom stereocenters. The van der Waals surface area contributed by atoms with Crippen molar-refractivity contribution in [2.75, 3.05) is 18.9 Å². The summed E-state index contributed by atoms with van der Waals surface area (Å²) in [5.74, 6) is -0.439. The molecule has 1 aromatic heterocycles. The molecule has 0 aliphatic heterocycles. The van der Waals surface area contributed by atoms with E-state index in [2.05, 4.69) is 10.3 Å². The number of halogens is 2. The van der Waals surface area contributed by atoms with E-state index in [9.17, 15) is 9.18 Å². The van der Waals surface area contributed by atoms with Crippen LogP contribution in [0.4, 0.5) is 10.1 Å². The van der Waals surface area contributed by atoms with Crippen molar-refractivity contribution in [2.24, 2.45) is 0 Å². The van der Waals surface area contributed by atoms with Gasteiger partial charge in [-0.15, -0.1) is 0 Å². The minimum absolute atomic E-state index is 0.168. The minimum atomic E-state index is -0.271. The lowest BCUT2D eigenvalue weighted by Gasteiger charge is -2.14. The van der Waals surface area contributed by atoms with E-state index in [1.165, 1.54) is 12.1 Å². The Morgan fingerprint density at radius 2 is 2.19 bits per heavy atom. The van der Waals surface area contributed by atoms with E-state index in [1.807, 2.05) is 13.1 Å². The highest BCUT2D eigenvalue weighted by molar-refractivity contribution is 6.32. The van der Waals surface area contributed by atoms with Crippen LogP contribution in [0.3, 0.4) is 0 Å². The Hall–Kier alpha value is -1.98. The summed E-state index contributed by atoms with van der Waals surface area (Å²) in [6.45, 7) is 0.813. The molecule has 6 heteroatoms. The van der Waals surface area contributed by atoms with Gasteiger partial charge in [0.05, 0.1) is 12.7 Å². The molecule has 1 amide bonds. The largest absolute Gasteiger partial charge is 0.326 e. The lowest BCUT2D eigenvalue weighted by Crippen LogP contribution is -3.08. The van der Waals surface area contributed by atoms with Crippen LogP contribution in [0.15, 0.2) is 42.6 Å². The summed E-state index contributed by atoms with van der Waals surface area (Å²) in [5, 5.41) is 2.97. The molecule has 0 saturated carbocycles. The average Bonchev–Trinajstić information content (AvgIpc) is 2.41. The number of quaternary nitrogens is 1.